The highest BCUT2D eigenvalue weighted by atomic mass is 32.2. The molecule has 0 fully saturated rings. The van der Waals surface area contributed by atoms with Crippen molar-refractivity contribution in [2.45, 2.75) is 13.5 Å². The second-order valence-electron chi connectivity index (χ2n) is 2.91. The van der Waals surface area contributed by atoms with Crippen LogP contribution >= 0.6 is 0 Å². The summed E-state index contributed by atoms with van der Waals surface area (Å²) in [4.78, 5) is 0. The Labute approximate surface area is 72.1 Å². The van der Waals surface area contributed by atoms with Gasteiger partial charge in [-0.3, -0.25) is 4.68 Å². The van der Waals surface area contributed by atoms with Crippen molar-refractivity contribution in [1.29, 1.82) is 0 Å². The Kier molecular flexibility index (Phi) is 2.52. The summed E-state index contributed by atoms with van der Waals surface area (Å²) in [7, 11) is -2.87. The normalized spacial score (nSPS) is 11.8. The molecule has 0 radical (unpaired) electrons. The predicted octanol–water partition coefficient (Wildman–Crippen LogP) is 0.236. The van der Waals surface area contributed by atoms with E-state index in [2.05, 4.69) is 5.10 Å². The summed E-state index contributed by atoms with van der Waals surface area (Å²) in [6.07, 6.45) is 4.76. The Balaban J connectivity index is 2.55. The van der Waals surface area contributed by atoms with Crippen molar-refractivity contribution in [1.82, 2.24) is 9.78 Å². The number of hydrogen-bond donors (Lipinski definition) is 0. The molecule has 1 aromatic heterocycles. The van der Waals surface area contributed by atoms with Crippen LogP contribution in [0.1, 0.15) is 5.56 Å². The predicted molar refractivity (Wildman–Crippen MR) is 46.7 cm³/mol. The second kappa shape index (κ2) is 3.26. The topological polar surface area (TPSA) is 52.0 Å². The molecule has 0 amide bonds. The molecule has 12 heavy (non-hydrogen) atoms. The highest BCUT2D eigenvalue weighted by Crippen LogP contribution is 1.95. The Morgan fingerprint density at radius 1 is 1.58 bits per heavy atom. The largest absolute Gasteiger partial charge is 0.271 e. The number of sulfone groups is 1. The Morgan fingerprint density at radius 3 is 2.67 bits per heavy atom. The summed E-state index contributed by atoms with van der Waals surface area (Å²) in [6.45, 7) is 2.36. The number of nitrogens with zero attached hydrogens (tertiary/aromatic N) is 2. The average Bonchev–Trinajstić information content (AvgIpc) is 2.30. The molecule has 0 aromatic carbocycles. The van der Waals surface area contributed by atoms with E-state index in [-0.39, 0.29) is 5.75 Å². The van der Waals surface area contributed by atoms with Gasteiger partial charge in [-0.15, -0.1) is 0 Å². The monoisotopic (exact) mass is 188 g/mol. The smallest absolute Gasteiger partial charge is 0.149 e. The van der Waals surface area contributed by atoms with E-state index in [1.807, 2.05) is 13.1 Å². The minimum absolute atomic E-state index is 0.147. The Hall–Kier alpha value is -0.840. The van der Waals surface area contributed by atoms with Crippen LogP contribution in [0.15, 0.2) is 12.4 Å². The van der Waals surface area contributed by atoms with Crippen molar-refractivity contribution in [2.75, 3.05) is 12.0 Å². The molecule has 0 unspecified atom stereocenters. The summed E-state index contributed by atoms with van der Waals surface area (Å²) in [5, 5.41) is 3.97. The molecule has 1 heterocycles. The minimum atomic E-state index is -2.87. The maximum absolute atomic E-state index is 10.8. The van der Waals surface area contributed by atoms with E-state index in [0.29, 0.717) is 6.54 Å². The molecule has 0 bridgehead atoms. The molecule has 5 heteroatoms. The summed E-state index contributed by atoms with van der Waals surface area (Å²) in [5.41, 5.74) is 1.04. The standard InChI is InChI=1S/C7H12N2O2S/c1-7-5-8-9(6-7)3-4-12(2,10)11/h5-6H,3-4H2,1-2H3. The molecule has 1 rings (SSSR count). The molecule has 1 aromatic rings. The molecule has 0 saturated carbocycles. The van der Waals surface area contributed by atoms with E-state index in [1.54, 1.807) is 10.9 Å². The van der Waals surface area contributed by atoms with Crippen LogP contribution in [0, 0.1) is 6.92 Å². The van der Waals surface area contributed by atoms with Gasteiger partial charge in [-0.1, -0.05) is 0 Å². The van der Waals surface area contributed by atoms with Crippen LogP contribution in [0.3, 0.4) is 0 Å². The van der Waals surface area contributed by atoms with Crippen molar-refractivity contribution in [3.63, 3.8) is 0 Å². The first kappa shape index (κ1) is 9.25. The zero-order valence-electron chi connectivity index (χ0n) is 7.19. The van der Waals surface area contributed by atoms with E-state index < -0.39 is 9.84 Å². The summed E-state index contributed by atoms with van der Waals surface area (Å²) >= 11 is 0. The Bertz CT molecular complexity index is 353. The fourth-order valence-electron chi connectivity index (χ4n) is 0.849. The van der Waals surface area contributed by atoms with Crippen LogP contribution in [-0.4, -0.2) is 30.2 Å². The van der Waals surface area contributed by atoms with E-state index in [9.17, 15) is 8.42 Å². The number of aryl methyl sites for hydroxylation is 2. The molecule has 4 nitrogen and oxygen atoms in total. The number of hydrogen-bond acceptors (Lipinski definition) is 3. The SMILES string of the molecule is Cc1cnn(CCS(C)(=O)=O)c1. The van der Waals surface area contributed by atoms with Crippen LogP contribution in [0.5, 0.6) is 0 Å². The lowest BCUT2D eigenvalue weighted by Gasteiger charge is -1.98. The third kappa shape index (κ3) is 3.04. The lowest BCUT2D eigenvalue weighted by Crippen LogP contribution is -2.11. The summed E-state index contributed by atoms with van der Waals surface area (Å²) in [5.74, 6) is 0.147. The molecule has 0 aliphatic heterocycles. The summed E-state index contributed by atoms with van der Waals surface area (Å²) < 4.78 is 23.2. The minimum Gasteiger partial charge on any atom is -0.271 e. The summed E-state index contributed by atoms with van der Waals surface area (Å²) in [6, 6.07) is 0. The van der Waals surface area contributed by atoms with Crippen molar-refractivity contribution in [3.8, 4) is 0 Å². The molecule has 0 aliphatic carbocycles. The fraction of sp³-hybridized carbons (Fsp3) is 0.571. The Morgan fingerprint density at radius 2 is 2.25 bits per heavy atom. The van der Waals surface area contributed by atoms with Crippen LogP contribution in [0.2, 0.25) is 0 Å². The third-order valence-electron chi connectivity index (χ3n) is 1.45. The van der Waals surface area contributed by atoms with Gasteiger partial charge in [-0.2, -0.15) is 5.10 Å². The third-order valence-corrected chi connectivity index (χ3v) is 2.38. The molecule has 0 atom stereocenters. The van der Waals surface area contributed by atoms with Crippen LogP contribution in [-0.2, 0) is 16.4 Å². The first-order valence-electron chi connectivity index (χ1n) is 3.64. The number of aromatic nitrogens is 2. The van der Waals surface area contributed by atoms with Gasteiger partial charge in [0.05, 0.1) is 18.5 Å². The van der Waals surface area contributed by atoms with E-state index in [4.69, 9.17) is 0 Å². The van der Waals surface area contributed by atoms with E-state index >= 15 is 0 Å². The highest BCUT2D eigenvalue weighted by molar-refractivity contribution is 7.90. The van der Waals surface area contributed by atoms with Crippen molar-refractivity contribution < 1.29 is 8.42 Å². The lowest BCUT2D eigenvalue weighted by atomic mass is 10.4. The van der Waals surface area contributed by atoms with Gasteiger partial charge in [0.25, 0.3) is 0 Å². The lowest BCUT2D eigenvalue weighted by molar-refractivity contribution is 0.586. The molecule has 0 N–H and O–H groups in total. The first-order chi connectivity index (χ1) is 5.47. The number of rotatable bonds is 3. The maximum Gasteiger partial charge on any atom is 0.149 e. The molecule has 0 spiro atoms. The maximum atomic E-state index is 10.8. The molecular weight excluding hydrogens is 176 g/mol. The average molecular weight is 188 g/mol. The zero-order valence-corrected chi connectivity index (χ0v) is 8.00. The first-order valence-corrected chi connectivity index (χ1v) is 5.70. The van der Waals surface area contributed by atoms with E-state index in [1.165, 1.54) is 6.26 Å². The van der Waals surface area contributed by atoms with Gasteiger partial charge in [0.1, 0.15) is 9.84 Å². The molecular formula is C7H12N2O2S. The second-order valence-corrected chi connectivity index (χ2v) is 5.17. The van der Waals surface area contributed by atoms with Crippen LogP contribution in [0.25, 0.3) is 0 Å². The van der Waals surface area contributed by atoms with Gasteiger partial charge in [0.2, 0.25) is 0 Å². The van der Waals surface area contributed by atoms with Gasteiger partial charge >= 0.3 is 0 Å². The van der Waals surface area contributed by atoms with Gasteiger partial charge < -0.3 is 0 Å². The van der Waals surface area contributed by atoms with Crippen molar-refractivity contribution in [2.24, 2.45) is 0 Å². The zero-order chi connectivity index (χ0) is 9.19. The fourth-order valence-corrected chi connectivity index (χ4v) is 1.37. The van der Waals surface area contributed by atoms with Crippen molar-refractivity contribution in [3.05, 3.63) is 18.0 Å². The molecule has 68 valence electrons. The van der Waals surface area contributed by atoms with E-state index in [0.717, 1.165) is 5.56 Å². The quantitative estimate of drug-likeness (QED) is 0.682. The highest BCUT2D eigenvalue weighted by Gasteiger charge is 2.02. The van der Waals surface area contributed by atoms with Crippen molar-refractivity contribution >= 4 is 9.84 Å². The van der Waals surface area contributed by atoms with Gasteiger partial charge in [0.15, 0.2) is 0 Å². The van der Waals surface area contributed by atoms with Gasteiger partial charge in [-0.05, 0) is 12.5 Å². The van der Waals surface area contributed by atoms with Crippen LogP contribution in [0.4, 0.5) is 0 Å². The molecule has 0 aliphatic rings. The van der Waals surface area contributed by atoms with Gasteiger partial charge in [-0.25, -0.2) is 8.42 Å². The van der Waals surface area contributed by atoms with Crippen LogP contribution < -0.4 is 0 Å². The van der Waals surface area contributed by atoms with Gasteiger partial charge in [0, 0.05) is 12.5 Å². The molecule has 0 saturated heterocycles.